The van der Waals surface area contributed by atoms with Crippen LogP contribution in [0.4, 0.5) is 0 Å². The molecule has 0 aromatic carbocycles. The molecule has 18 heavy (non-hydrogen) atoms. The van der Waals surface area contributed by atoms with Crippen molar-refractivity contribution in [3.8, 4) is 0 Å². The predicted molar refractivity (Wildman–Crippen MR) is 74.3 cm³/mol. The molecule has 2 aromatic heterocycles. The van der Waals surface area contributed by atoms with Crippen LogP contribution in [-0.4, -0.2) is 21.1 Å². The van der Waals surface area contributed by atoms with Crippen molar-refractivity contribution in [2.75, 3.05) is 6.54 Å². The minimum Gasteiger partial charge on any atom is -0.330 e. The largest absolute Gasteiger partial charge is 0.330 e. The molecular weight excluding hydrogens is 224 g/mol. The van der Waals surface area contributed by atoms with Crippen LogP contribution in [0.2, 0.25) is 0 Å². The normalized spacial score (nSPS) is 12.2. The molecule has 0 unspecified atom stereocenters. The number of nitrogens with zero attached hydrogens (tertiary/aromatic N) is 3. The Morgan fingerprint density at radius 3 is 2.78 bits per heavy atom. The molecule has 0 saturated carbocycles. The lowest BCUT2D eigenvalue weighted by Crippen LogP contribution is -2.18. The minimum atomic E-state index is 0.278. The molecular formula is C14H22N4. The van der Waals surface area contributed by atoms with Gasteiger partial charge in [-0.2, -0.15) is 0 Å². The Bertz CT molecular complexity index is 528. The van der Waals surface area contributed by atoms with E-state index in [4.69, 9.17) is 5.73 Å². The molecule has 0 bridgehead atoms. The number of hydrogen-bond acceptors (Lipinski definition) is 3. The summed E-state index contributed by atoms with van der Waals surface area (Å²) >= 11 is 0. The molecule has 0 aliphatic heterocycles. The molecule has 4 heteroatoms. The first-order valence-electron chi connectivity index (χ1n) is 6.50. The van der Waals surface area contributed by atoms with E-state index in [-0.39, 0.29) is 5.41 Å². The Balaban J connectivity index is 2.15. The number of fused-ring (bicyclic) bond motifs is 1. The number of pyridine rings is 1. The molecule has 2 heterocycles. The number of rotatable bonds is 5. The average Bonchev–Trinajstić information content (AvgIpc) is 2.65. The Hall–Kier alpha value is -1.42. The summed E-state index contributed by atoms with van der Waals surface area (Å²) in [4.78, 5) is 9.01. The molecule has 0 fully saturated rings. The SMILES string of the molecule is Cn1c(CCC(C)(C)CCN)nc2cccnc21. The topological polar surface area (TPSA) is 56.7 Å². The highest BCUT2D eigenvalue weighted by molar-refractivity contribution is 5.70. The van der Waals surface area contributed by atoms with Gasteiger partial charge in [0.25, 0.3) is 0 Å². The van der Waals surface area contributed by atoms with Crippen molar-refractivity contribution in [1.82, 2.24) is 14.5 Å². The zero-order valence-corrected chi connectivity index (χ0v) is 11.5. The maximum absolute atomic E-state index is 5.64. The standard InChI is InChI=1S/C14H22N4/c1-14(2,8-9-15)7-6-12-17-11-5-4-10-16-13(11)18(12)3/h4-5,10H,6-9,15H2,1-3H3. The van der Waals surface area contributed by atoms with E-state index < -0.39 is 0 Å². The van der Waals surface area contributed by atoms with Gasteiger partial charge in [0, 0.05) is 19.7 Å². The van der Waals surface area contributed by atoms with Gasteiger partial charge in [-0.3, -0.25) is 0 Å². The van der Waals surface area contributed by atoms with Crippen LogP contribution in [0, 0.1) is 5.41 Å². The van der Waals surface area contributed by atoms with Crippen LogP contribution in [0.3, 0.4) is 0 Å². The number of aryl methyl sites for hydroxylation is 2. The van der Waals surface area contributed by atoms with Crippen molar-refractivity contribution in [2.45, 2.75) is 33.1 Å². The van der Waals surface area contributed by atoms with Crippen molar-refractivity contribution in [2.24, 2.45) is 18.2 Å². The van der Waals surface area contributed by atoms with Crippen LogP contribution in [0.5, 0.6) is 0 Å². The lowest BCUT2D eigenvalue weighted by atomic mass is 9.84. The first-order chi connectivity index (χ1) is 8.53. The van der Waals surface area contributed by atoms with Crippen LogP contribution >= 0.6 is 0 Å². The van der Waals surface area contributed by atoms with Crippen molar-refractivity contribution in [3.05, 3.63) is 24.2 Å². The number of imidazole rings is 1. The maximum Gasteiger partial charge on any atom is 0.159 e. The van der Waals surface area contributed by atoms with E-state index in [1.54, 1.807) is 0 Å². The third-order valence-electron chi connectivity index (χ3n) is 3.57. The fourth-order valence-electron chi connectivity index (χ4n) is 2.26. The number of hydrogen-bond donors (Lipinski definition) is 1. The first kappa shape index (κ1) is 13.0. The van der Waals surface area contributed by atoms with Crippen LogP contribution < -0.4 is 5.73 Å². The molecule has 0 radical (unpaired) electrons. The highest BCUT2D eigenvalue weighted by atomic mass is 15.1. The lowest BCUT2D eigenvalue weighted by Gasteiger charge is -2.23. The van der Waals surface area contributed by atoms with Crippen molar-refractivity contribution >= 4 is 11.2 Å². The lowest BCUT2D eigenvalue weighted by molar-refractivity contribution is 0.310. The summed E-state index contributed by atoms with van der Waals surface area (Å²) in [6.45, 7) is 5.28. The van der Waals surface area contributed by atoms with Gasteiger partial charge in [0.15, 0.2) is 5.65 Å². The highest BCUT2D eigenvalue weighted by Crippen LogP contribution is 2.26. The Labute approximate surface area is 108 Å². The number of nitrogens with two attached hydrogens (primary N) is 1. The van der Waals surface area contributed by atoms with Gasteiger partial charge in [-0.15, -0.1) is 0 Å². The Morgan fingerprint density at radius 1 is 1.33 bits per heavy atom. The zero-order valence-electron chi connectivity index (χ0n) is 11.5. The van der Waals surface area contributed by atoms with E-state index in [0.717, 1.165) is 42.8 Å². The average molecular weight is 246 g/mol. The summed E-state index contributed by atoms with van der Waals surface area (Å²) in [7, 11) is 2.04. The minimum absolute atomic E-state index is 0.278. The van der Waals surface area contributed by atoms with Gasteiger partial charge in [-0.25, -0.2) is 9.97 Å². The molecule has 0 aliphatic carbocycles. The molecule has 2 N–H and O–H groups in total. The quantitative estimate of drug-likeness (QED) is 0.880. The molecule has 0 spiro atoms. The maximum atomic E-state index is 5.64. The van der Waals surface area contributed by atoms with E-state index in [2.05, 4.69) is 28.4 Å². The zero-order chi connectivity index (χ0) is 13.2. The second-order valence-corrected chi connectivity index (χ2v) is 5.64. The second kappa shape index (κ2) is 5.06. The van der Waals surface area contributed by atoms with Crippen LogP contribution in [0.25, 0.3) is 11.2 Å². The van der Waals surface area contributed by atoms with Crippen LogP contribution in [0.15, 0.2) is 18.3 Å². The number of aromatic nitrogens is 3. The summed E-state index contributed by atoms with van der Waals surface area (Å²) in [5.74, 6) is 1.11. The molecule has 0 amide bonds. The summed E-state index contributed by atoms with van der Waals surface area (Å²) in [6.07, 6.45) is 4.93. The van der Waals surface area contributed by atoms with E-state index in [1.807, 2.05) is 25.4 Å². The predicted octanol–water partition coefficient (Wildman–Crippen LogP) is 2.28. The van der Waals surface area contributed by atoms with Crippen LogP contribution in [0.1, 0.15) is 32.5 Å². The third kappa shape index (κ3) is 2.70. The smallest absolute Gasteiger partial charge is 0.159 e. The molecule has 4 nitrogen and oxygen atoms in total. The molecule has 0 saturated heterocycles. The third-order valence-corrected chi connectivity index (χ3v) is 3.57. The van der Waals surface area contributed by atoms with E-state index in [1.165, 1.54) is 0 Å². The molecule has 0 aliphatic rings. The van der Waals surface area contributed by atoms with Gasteiger partial charge in [0.05, 0.1) is 0 Å². The van der Waals surface area contributed by atoms with E-state index >= 15 is 0 Å². The fourth-order valence-corrected chi connectivity index (χ4v) is 2.26. The summed E-state index contributed by atoms with van der Waals surface area (Å²) < 4.78 is 2.09. The van der Waals surface area contributed by atoms with Crippen LogP contribution in [-0.2, 0) is 13.5 Å². The fraction of sp³-hybridized carbons (Fsp3) is 0.571. The first-order valence-corrected chi connectivity index (χ1v) is 6.50. The summed E-state index contributed by atoms with van der Waals surface area (Å²) in [5.41, 5.74) is 7.86. The highest BCUT2D eigenvalue weighted by Gasteiger charge is 2.18. The molecule has 0 atom stereocenters. The monoisotopic (exact) mass is 246 g/mol. The summed E-state index contributed by atoms with van der Waals surface area (Å²) in [6, 6.07) is 3.94. The summed E-state index contributed by atoms with van der Waals surface area (Å²) in [5, 5.41) is 0. The molecule has 2 rings (SSSR count). The molecule has 2 aromatic rings. The molecule has 98 valence electrons. The van der Waals surface area contributed by atoms with Crippen molar-refractivity contribution in [3.63, 3.8) is 0 Å². The van der Waals surface area contributed by atoms with Gasteiger partial charge >= 0.3 is 0 Å². The van der Waals surface area contributed by atoms with Crippen molar-refractivity contribution < 1.29 is 0 Å². The van der Waals surface area contributed by atoms with Gasteiger partial charge in [-0.05, 0) is 36.9 Å². The second-order valence-electron chi connectivity index (χ2n) is 5.64. The Kier molecular flexibility index (Phi) is 3.66. The Morgan fingerprint density at radius 2 is 2.11 bits per heavy atom. The van der Waals surface area contributed by atoms with E-state index in [9.17, 15) is 0 Å². The van der Waals surface area contributed by atoms with E-state index in [0.29, 0.717) is 0 Å². The van der Waals surface area contributed by atoms with Crippen molar-refractivity contribution in [1.29, 1.82) is 0 Å². The van der Waals surface area contributed by atoms with Gasteiger partial charge in [0.1, 0.15) is 11.3 Å². The van der Waals surface area contributed by atoms with Gasteiger partial charge < -0.3 is 10.3 Å². The van der Waals surface area contributed by atoms with Gasteiger partial charge in [-0.1, -0.05) is 13.8 Å². The van der Waals surface area contributed by atoms with Gasteiger partial charge in [0.2, 0.25) is 0 Å².